The van der Waals surface area contributed by atoms with Crippen LogP contribution >= 0.6 is 0 Å². The van der Waals surface area contributed by atoms with Gasteiger partial charge in [-0.15, -0.1) is 18.3 Å². The molecule has 0 saturated carbocycles. The lowest BCUT2D eigenvalue weighted by molar-refractivity contribution is -0.274. The monoisotopic (exact) mass is 469 g/mol. The van der Waals surface area contributed by atoms with Crippen molar-refractivity contribution in [2.45, 2.75) is 19.4 Å². The number of nitrogens with one attached hydrogen (secondary N) is 1. The van der Waals surface area contributed by atoms with E-state index in [9.17, 15) is 18.0 Å². The zero-order valence-corrected chi connectivity index (χ0v) is 17.7. The minimum absolute atomic E-state index is 0.326. The van der Waals surface area contributed by atoms with E-state index in [1.165, 1.54) is 35.3 Å². The van der Waals surface area contributed by atoms with Crippen LogP contribution in [0.1, 0.15) is 18.7 Å². The zero-order chi connectivity index (χ0) is 24.1. The lowest BCUT2D eigenvalue weighted by Crippen LogP contribution is -2.17. The van der Waals surface area contributed by atoms with Gasteiger partial charge in [0.1, 0.15) is 18.2 Å². The lowest BCUT2D eigenvalue weighted by atomic mass is 10.2. The summed E-state index contributed by atoms with van der Waals surface area (Å²) >= 11 is 0. The van der Waals surface area contributed by atoms with Crippen LogP contribution in [0.25, 0.3) is 17.1 Å². The van der Waals surface area contributed by atoms with E-state index in [0.29, 0.717) is 28.5 Å². The van der Waals surface area contributed by atoms with E-state index in [2.05, 4.69) is 25.1 Å². The summed E-state index contributed by atoms with van der Waals surface area (Å²) in [6.07, 6.45) is -2.82. The molecular weight excluding hydrogens is 451 g/mol. The van der Waals surface area contributed by atoms with Crippen molar-refractivity contribution >= 4 is 11.8 Å². The van der Waals surface area contributed by atoms with E-state index in [-0.39, 0.29) is 5.75 Å². The second kappa shape index (κ2) is 9.61. The number of benzene rings is 2. The molecule has 2 aromatic carbocycles. The normalized spacial score (nSPS) is 12.1. The molecule has 0 spiro atoms. The second-order valence-corrected chi connectivity index (χ2v) is 7.06. The van der Waals surface area contributed by atoms with Gasteiger partial charge >= 0.3 is 12.5 Å². The minimum atomic E-state index is -4.75. The summed E-state index contributed by atoms with van der Waals surface area (Å²) in [7, 11) is 0. The highest BCUT2D eigenvalue weighted by Gasteiger charge is 2.31. The third kappa shape index (κ3) is 5.88. The van der Waals surface area contributed by atoms with Crippen molar-refractivity contribution in [3.63, 3.8) is 0 Å². The molecule has 0 radical (unpaired) electrons. The van der Waals surface area contributed by atoms with Crippen molar-refractivity contribution < 1.29 is 27.4 Å². The number of amides is 1. The quantitative estimate of drug-likeness (QED) is 0.399. The second-order valence-electron chi connectivity index (χ2n) is 7.06. The molecule has 2 aromatic heterocycles. The number of hydrogen-bond acceptors (Lipinski definition) is 6. The Labute approximate surface area is 192 Å². The zero-order valence-electron chi connectivity index (χ0n) is 17.7. The summed E-state index contributed by atoms with van der Waals surface area (Å²) in [6, 6.07) is 17.4. The maximum absolute atomic E-state index is 12.3. The molecule has 34 heavy (non-hydrogen) atoms. The van der Waals surface area contributed by atoms with Gasteiger partial charge in [0.2, 0.25) is 0 Å². The van der Waals surface area contributed by atoms with E-state index in [1.807, 2.05) is 6.07 Å². The third-order valence-electron chi connectivity index (χ3n) is 4.60. The average molecular weight is 469 g/mol. The van der Waals surface area contributed by atoms with Crippen LogP contribution in [-0.2, 0) is 4.74 Å². The van der Waals surface area contributed by atoms with Gasteiger partial charge in [0, 0.05) is 17.4 Å². The van der Waals surface area contributed by atoms with Crippen LogP contribution in [0.4, 0.5) is 23.7 Å². The van der Waals surface area contributed by atoms with Gasteiger partial charge < -0.3 is 9.47 Å². The molecular formula is C23H18F3N5O3. The first-order valence-electron chi connectivity index (χ1n) is 10.0. The number of nitrogens with zero attached hydrogens (tertiary/aromatic N) is 4. The molecule has 4 aromatic rings. The smallest absolute Gasteiger partial charge is 0.440 e. The van der Waals surface area contributed by atoms with E-state index in [4.69, 9.17) is 4.74 Å². The summed E-state index contributed by atoms with van der Waals surface area (Å²) < 4.78 is 47.5. The molecule has 0 fully saturated rings. The van der Waals surface area contributed by atoms with Crippen LogP contribution in [0.5, 0.6) is 5.75 Å². The molecule has 1 unspecified atom stereocenters. The van der Waals surface area contributed by atoms with Crippen molar-refractivity contribution in [3.8, 4) is 22.8 Å². The first-order chi connectivity index (χ1) is 16.3. The van der Waals surface area contributed by atoms with Crippen LogP contribution in [0.15, 0.2) is 79.3 Å². The van der Waals surface area contributed by atoms with Crippen LogP contribution < -0.4 is 10.1 Å². The molecule has 0 aliphatic heterocycles. The van der Waals surface area contributed by atoms with Crippen LogP contribution in [0.2, 0.25) is 0 Å². The topological polar surface area (TPSA) is 91.2 Å². The fourth-order valence-electron chi connectivity index (χ4n) is 3.01. The summed E-state index contributed by atoms with van der Waals surface area (Å²) in [5.41, 5.74) is 2.34. The predicted molar refractivity (Wildman–Crippen MR) is 116 cm³/mol. The van der Waals surface area contributed by atoms with Crippen molar-refractivity contribution in [2.24, 2.45) is 0 Å². The number of alkyl halides is 3. The number of hydrogen-bond donors (Lipinski definition) is 1. The third-order valence-corrected chi connectivity index (χ3v) is 4.60. The first kappa shape index (κ1) is 22.8. The fraction of sp³-hybridized carbons (Fsp3) is 0.130. The van der Waals surface area contributed by atoms with E-state index < -0.39 is 18.6 Å². The van der Waals surface area contributed by atoms with E-state index in [1.54, 1.807) is 49.5 Å². The van der Waals surface area contributed by atoms with Crippen molar-refractivity contribution in [2.75, 3.05) is 5.32 Å². The number of ether oxygens (including phenoxy) is 2. The number of rotatable bonds is 6. The Morgan fingerprint density at radius 2 is 1.74 bits per heavy atom. The van der Waals surface area contributed by atoms with Crippen LogP contribution in [0, 0.1) is 0 Å². The number of aromatic nitrogens is 4. The SMILES string of the molecule is CC(OC(=O)Nc1ccc(-c2ncn(-c3ccc(OC(F)(F)F)cc3)n2)cc1)c1ccccn1. The molecule has 0 bridgehead atoms. The molecule has 1 atom stereocenters. The number of carbonyl (C=O) groups excluding carboxylic acids is 1. The summed E-state index contributed by atoms with van der Waals surface area (Å²) in [6.45, 7) is 1.73. The molecule has 1 N–H and O–H groups in total. The maximum atomic E-state index is 12.3. The van der Waals surface area contributed by atoms with E-state index >= 15 is 0 Å². The predicted octanol–water partition coefficient (Wildman–Crippen LogP) is 5.54. The van der Waals surface area contributed by atoms with Gasteiger partial charge in [-0.05, 0) is 67.6 Å². The fourth-order valence-corrected chi connectivity index (χ4v) is 3.01. The van der Waals surface area contributed by atoms with Gasteiger partial charge in [-0.25, -0.2) is 14.5 Å². The Hall–Kier alpha value is -4.41. The molecule has 174 valence electrons. The van der Waals surface area contributed by atoms with E-state index in [0.717, 1.165) is 0 Å². The molecule has 1 amide bonds. The van der Waals surface area contributed by atoms with Crippen molar-refractivity contribution in [1.82, 2.24) is 19.7 Å². The lowest BCUT2D eigenvalue weighted by Gasteiger charge is -2.13. The van der Waals surface area contributed by atoms with Crippen LogP contribution in [-0.4, -0.2) is 32.2 Å². The molecule has 8 nitrogen and oxygen atoms in total. The molecule has 2 heterocycles. The van der Waals surface area contributed by atoms with Crippen molar-refractivity contribution in [1.29, 1.82) is 0 Å². The Kier molecular flexibility index (Phi) is 6.44. The van der Waals surface area contributed by atoms with Gasteiger partial charge in [0.05, 0.1) is 11.4 Å². The Morgan fingerprint density at radius 1 is 1.00 bits per heavy atom. The highest BCUT2D eigenvalue weighted by molar-refractivity contribution is 5.85. The number of anilines is 1. The first-order valence-corrected chi connectivity index (χ1v) is 10.0. The van der Waals surface area contributed by atoms with Gasteiger partial charge in [-0.1, -0.05) is 6.07 Å². The number of pyridine rings is 1. The van der Waals surface area contributed by atoms with Gasteiger partial charge in [-0.2, -0.15) is 0 Å². The van der Waals surface area contributed by atoms with Gasteiger partial charge in [0.15, 0.2) is 5.82 Å². The number of carbonyl (C=O) groups is 1. The van der Waals surface area contributed by atoms with Crippen LogP contribution in [0.3, 0.4) is 0 Å². The van der Waals surface area contributed by atoms with Gasteiger partial charge in [0.25, 0.3) is 0 Å². The largest absolute Gasteiger partial charge is 0.573 e. The van der Waals surface area contributed by atoms with Gasteiger partial charge in [-0.3, -0.25) is 10.3 Å². The highest BCUT2D eigenvalue weighted by Crippen LogP contribution is 2.24. The Balaban J connectivity index is 1.37. The molecule has 0 saturated heterocycles. The average Bonchev–Trinajstić information content (AvgIpc) is 3.30. The molecule has 11 heteroatoms. The summed E-state index contributed by atoms with van der Waals surface area (Å²) in [4.78, 5) is 20.5. The Bertz CT molecular complexity index is 1240. The minimum Gasteiger partial charge on any atom is -0.440 e. The summed E-state index contributed by atoms with van der Waals surface area (Å²) in [5.74, 6) is 0.0705. The number of halogens is 3. The molecule has 4 rings (SSSR count). The highest BCUT2D eigenvalue weighted by atomic mass is 19.4. The Morgan fingerprint density at radius 3 is 2.38 bits per heavy atom. The van der Waals surface area contributed by atoms with Crippen molar-refractivity contribution in [3.05, 3.63) is 84.9 Å². The molecule has 0 aliphatic carbocycles. The maximum Gasteiger partial charge on any atom is 0.573 e. The standard InChI is InChI=1S/C23H18F3N5O3/c1-15(20-4-2-3-13-27-20)33-22(32)29-17-7-5-16(6-8-17)21-28-14-31(30-21)18-9-11-19(12-10-18)34-23(24,25)26/h2-15H,1H3,(H,29,32). The summed E-state index contributed by atoms with van der Waals surface area (Å²) in [5, 5.41) is 6.99. The molecule has 0 aliphatic rings.